The third kappa shape index (κ3) is 3.20. The lowest BCUT2D eigenvalue weighted by Gasteiger charge is -2.16. The molecule has 1 aliphatic rings. The Morgan fingerprint density at radius 3 is 2.58 bits per heavy atom. The summed E-state index contributed by atoms with van der Waals surface area (Å²) in [5.41, 5.74) is 0.683. The van der Waals surface area contributed by atoms with Crippen molar-refractivity contribution in [3.63, 3.8) is 0 Å². The van der Waals surface area contributed by atoms with E-state index in [1.807, 2.05) is 0 Å². The van der Waals surface area contributed by atoms with Crippen LogP contribution in [-0.4, -0.2) is 40.5 Å². The average Bonchev–Trinajstić information content (AvgIpc) is 3.08. The maximum atomic E-state index is 12.6. The summed E-state index contributed by atoms with van der Waals surface area (Å²) in [6.07, 6.45) is 3.01. The summed E-state index contributed by atoms with van der Waals surface area (Å²) < 4.78 is 27.9. The molecule has 1 aliphatic heterocycles. The van der Waals surface area contributed by atoms with Gasteiger partial charge in [0.1, 0.15) is 11.4 Å². The molecule has 7 nitrogen and oxygen atoms in total. The minimum Gasteiger partial charge on any atom is -0.506 e. The third-order valence-electron chi connectivity index (χ3n) is 4.07. The second-order valence-electron chi connectivity index (χ2n) is 5.86. The molecule has 8 heteroatoms. The molecule has 0 saturated carbocycles. The van der Waals surface area contributed by atoms with Gasteiger partial charge in [-0.25, -0.2) is 8.42 Å². The molecule has 0 spiro atoms. The molecule has 0 aromatic carbocycles. The van der Waals surface area contributed by atoms with Crippen molar-refractivity contribution in [3.05, 3.63) is 52.2 Å². The van der Waals surface area contributed by atoms with Crippen molar-refractivity contribution >= 4 is 10.0 Å². The molecule has 0 amide bonds. The Bertz CT molecular complexity index is 915. The van der Waals surface area contributed by atoms with Crippen LogP contribution >= 0.6 is 0 Å². The van der Waals surface area contributed by atoms with Gasteiger partial charge in [0.25, 0.3) is 5.56 Å². The van der Waals surface area contributed by atoms with Crippen LogP contribution in [0, 0.1) is 6.92 Å². The van der Waals surface area contributed by atoms with E-state index in [0.717, 1.165) is 12.8 Å². The molecule has 24 heavy (non-hydrogen) atoms. The third-order valence-corrected chi connectivity index (χ3v) is 5.95. The zero-order chi connectivity index (χ0) is 17.3. The van der Waals surface area contributed by atoms with Gasteiger partial charge in [0.15, 0.2) is 0 Å². The lowest BCUT2D eigenvalue weighted by Crippen LogP contribution is -2.29. The van der Waals surface area contributed by atoms with Gasteiger partial charge in [-0.15, -0.1) is 0 Å². The number of hydrogen-bond acceptors (Lipinski definition) is 5. The molecule has 0 aliphatic carbocycles. The highest BCUT2D eigenvalue weighted by Crippen LogP contribution is 2.20. The average molecular weight is 349 g/mol. The minimum absolute atomic E-state index is 0.00963. The normalized spacial score (nSPS) is 15.7. The molecular weight excluding hydrogens is 330 g/mol. The molecule has 3 heterocycles. The van der Waals surface area contributed by atoms with Gasteiger partial charge >= 0.3 is 0 Å². The standard InChI is InChI=1S/C16H19N3O4S/c1-12-4-6-15(20)14(17-12)11-18-10-13(5-7-16(18)21)24(22,23)19-8-2-3-9-19/h4-7,10,20H,2-3,8-9,11H2,1H3. The monoisotopic (exact) mass is 349 g/mol. The van der Waals surface area contributed by atoms with Crippen molar-refractivity contribution in [1.29, 1.82) is 0 Å². The first-order valence-corrected chi connectivity index (χ1v) is 9.18. The van der Waals surface area contributed by atoms with Crippen LogP contribution in [0.5, 0.6) is 5.75 Å². The maximum Gasteiger partial charge on any atom is 0.250 e. The van der Waals surface area contributed by atoms with E-state index >= 15 is 0 Å². The quantitative estimate of drug-likeness (QED) is 0.892. The van der Waals surface area contributed by atoms with Crippen molar-refractivity contribution in [2.24, 2.45) is 0 Å². The summed E-state index contributed by atoms with van der Waals surface area (Å²) in [5, 5.41) is 9.88. The molecule has 1 N–H and O–H groups in total. The highest BCUT2D eigenvalue weighted by molar-refractivity contribution is 7.89. The molecule has 0 radical (unpaired) electrons. The number of pyridine rings is 2. The van der Waals surface area contributed by atoms with Crippen LogP contribution in [0.15, 0.2) is 40.2 Å². The summed E-state index contributed by atoms with van der Waals surface area (Å²) in [7, 11) is -3.60. The second-order valence-corrected chi connectivity index (χ2v) is 7.80. The van der Waals surface area contributed by atoms with Crippen molar-refractivity contribution in [2.75, 3.05) is 13.1 Å². The van der Waals surface area contributed by atoms with Gasteiger partial charge in [-0.1, -0.05) is 0 Å². The van der Waals surface area contributed by atoms with Gasteiger partial charge in [0.05, 0.1) is 11.4 Å². The summed E-state index contributed by atoms with van der Waals surface area (Å²) in [5.74, 6) is -0.0275. The Balaban J connectivity index is 1.98. The number of nitrogens with zero attached hydrogens (tertiary/aromatic N) is 3. The van der Waals surface area contributed by atoms with Crippen LogP contribution in [0.2, 0.25) is 0 Å². The number of rotatable bonds is 4. The lowest BCUT2D eigenvalue weighted by atomic mass is 10.3. The molecule has 0 unspecified atom stereocenters. The van der Waals surface area contributed by atoms with Gasteiger partial charge < -0.3 is 9.67 Å². The van der Waals surface area contributed by atoms with E-state index in [4.69, 9.17) is 0 Å². The fourth-order valence-corrected chi connectivity index (χ4v) is 4.28. The molecule has 3 rings (SSSR count). The van der Waals surface area contributed by atoms with Crippen molar-refractivity contribution in [2.45, 2.75) is 31.2 Å². The van der Waals surface area contributed by atoms with Crippen LogP contribution < -0.4 is 5.56 Å². The lowest BCUT2D eigenvalue weighted by molar-refractivity contribution is 0.459. The van der Waals surface area contributed by atoms with Crippen molar-refractivity contribution in [3.8, 4) is 5.75 Å². The van der Waals surface area contributed by atoms with E-state index in [2.05, 4.69) is 4.98 Å². The van der Waals surface area contributed by atoms with Gasteiger partial charge in [-0.2, -0.15) is 4.31 Å². The second kappa shape index (κ2) is 6.37. The van der Waals surface area contributed by atoms with E-state index < -0.39 is 10.0 Å². The topological polar surface area (TPSA) is 92.5 Å². The summed E-state index contributed by atoms with van der Waals surface area (Å²) in [6.45, 7) is 2.79. The largest absolute Gasteiger partial charge is 0.506 e. The van der Waals surface area contributed by atoms with E-state index in [9.17, 15) is 18.3 Å². The van der Waals surface area contributed by atoms with E-state index in [1.54, 1.807) is 13.0 Å². The van der Waals surface area contributed by atoms with Crippen molar-refractivity contribution < 1.29 is 13.5 Å². The van der Waals surface area contributed by atoms with Gasteiger partial charge in [0, 0.05) is 31.0 Å². The first-order valence-electron chi connectivity index (χ1n) is 7.74. The predicted molar refractivity (Wildman–Crippen MR) is 88.4 cm³/mol. The Morgan fingerprint density at radius 2 is 1.88 bits per heavy atom. The van der Waals surface area contributed by atoms with Crippen LogP contribution in [-0.2, 0) is 16.6 Å². The van der Waals surface area contributed by atoms with Gasteiger partial charge in [0.2, 0.25) is 10.0 Å². The van der Waals surface area contributed by atoms with Crippen LogP contribution in [0.4, 0.5) is 0 Å². The minimum atomic E-state index is -3.60. The zero-order valence-electron chi connectivity index (χ0n) is 13.3. The molecular formula is C16H19N3O4S. The van der Waals surface area contributed by atoms with E-state index in [0.29, 0.717) is 24.5 Å². The SMILES string of the molecule is Cc1ccc(O)c(Cn2cc(S(=O)(=O)N3CCCC3)ccc2=O)n1. The number of hydrogen-bond donors (Lipinski definition) is 1. The van der Waals surface area contributed by atoms with Crippen LogP contribution in [0.1, 0.15) is 24.2 Å². The summed E-state index contributed by atoms with van der Waals surface area (Å²) in [6, 6.07) is 5.73. The number of aromatic hydroxyl groups is 1. The molecule has 0 bridgehead atoms. The number of aryl methyl sites for hydroxylation is 1. The Hall–Kier alpha value is -2.19. The first kappa shape index (κ1) is 16.7. The highest BCUT2D eigenvalue weighted by atomic mass is 32.2. The Kier molecular flexibility index (Phi) is 4.42. The fraction of sp³-hybridized carbons (Fsp3) is 0.375. The van der Waals surface area contributed by atoms with Gasteiger partial charge in [-0.3, -0.25) is 9.78 Å². The van der Waals surface area contributed by atoms with E-state index in [1.165, 1.54) is 33.3 Å². The molecule has 1 fully saturated rings. The molecule has 1 saturated heterocycles. The summed E-state index contributed by atoms with van der Waals surface area (Å²) in [4.78, 5) is 16.4. The molecule has 2 aromatic heterocycles. The number of sulfonamides is 1. The summed E-state index contributed by atoms with van der Waals surface area (Å²) >= 11 is 0. The molecule has 2 aromatic rings. The van der Waals surface area contributed by atoms with Crippen LogP contribution in [0.25, 0.3) is 0 Å². The zero-order valence-corrected chi connectivity index (χ0v) is 14.2. The molecule has 0 atom stereocenters. The first-order chi connectivity index (χ1) is 11.4. The molecule has 128 valence electrons. The Labute approximate surface area is 140 Å². The predicted octanol–water partition coefficient (Wildman–Crippen LogP) is 1.09. The Morgan fingerprint density at radius 1 is 1.17 bits per heavy atom. The van der Waals surface area contributed by atoms with Gasteiger partial charge in [-0.05, 0) is 38.0 Å². The number of aromatic nitrogens is 2. The smallest absolute Gasteiger partial charge is 0.250 e. The van der Waals surface area contributed by atoms with E-state index in [-0.39, 0.29) is 22.7 Å². The van der Waals surface area contributed by atoms with Crippen molar-refractivity contribution in [1.82, 2.24) is 13.9 Å². The highest BCUT2D eigenvalue weighted by Gasteiger charge is 2.27. The van der Waals surface area contributed by atoms with Crippen LogP contribution in [0.3, 0.4) is 0 Å². The fourth-order valence-electron chi connectivity index (χ4n) is 2.74. The maximum absolute atomic E-state index is 12.6.